The van der Waals surface area contributed by atoms with Crippen molar-refractivity contribution in [2.45, 2.75) is 282 Å². The molecule has 0 unspecified atom stereocenters. The first-order chi connectivity index (χ1) is 22.9. The molecule has 50 heavy (non-hydrogen) atoms. The monoisotopic (exact) mass is 717 g/mol. The highest BCUT2D eigenvalue weighted by Gasteiger charge is 1.96. The predicted octanol–water partition coefficient (Wildman–Crippen LogP) is 20.3. The van der Waals surface area contributed by atoms with Crippen molar-refractivity contribution in [2.75, 3.05) is 0 Å². The summed E-state index contributed by atoms with van der Waals surface area (Å²) in [6.45, 7) is 52.0. The molecule has 0 aromatic rings. The first-order valence-corrected chi connectivity index (χ1v) is 22.9. The molecule has 0 aliphatic heterocycles. The van der Waals surface area contributed by atoms with Gasteiger partial charge in [-0.1, -0.05) is 282 Å². The van der Waals surface area contributed by atoms with Crippen LogP contribution in [0.15, 0.2) is 0 Å². The third-order valence-corrected chi connectivity index (χ3v) is 4.10. The summed E-state index contributed by atoms with van der Waals surface area (Å²) in [7, 11) is 0. The van der Waals surface area contributed by atoms with Gasteiger partial charge in [0.2, 0.25) is 0 Å². The van der Waals surface area contributed by atoms with Gasteiger partial charge in [-0.25, -0.2) is 0 Å². The summed E-state index contributed by atoms with van der Waals surface area (Å²) in [5.41, 5.74) is 0. The van der Waals surface area contributed by atoms with E-state index < -0.39 is 0 Å². The molecule has 0 bridgehead atoms. The summed E-state index contributed by atoms with van der Waals surface area (Å²) < 4.78 is 0. The average Bonchev–Trinajstić information content (AvgIpc) is 3.62. The van der Waals surface area contributed by atoms with E-state index >= 15 is 0 Å². The van der Waals surface area contributed by atoms with Crippen molar-refractivity contribution in [1.29, 1.82) is 0 Å². The van der Waals surface area contributed by atoms with E-state index in [0.29, 0.717) is 0 Å². The van der Waals surface area contributed by atoms with Gasteiger partial charge in [0, 0.05) is 0 Å². The molecule has 0 heteroatoms. The topological polar surface area (TPSA) is 0 Å². The summed E-state index contributed by atoms with van der Waals surface area (Å²) in [5, 5.41) is 0. The zero-order valence-corrected chi connectivity index (χ0v) is 41.3. The van der Waals surface area contributed by atoms with Gasteiger partial charge in [0.05, 0.1) is 0 Å². The van der Waals surface area contributed by atoms with Crippen molar-refractivity contribution in [2.24, 2.45) is 47.3 Å². The molecule has 0 nitrogen and oxygen atoms in total. The standard InChI is InChI=1S/C6H12.C5H10.C4H8.8C4H10.C3H6/c1-2-4-6-5-3-1;1-2-4-5-3-1;1-2-4-3-1;8*1-4(2)3;1-2-3-1/h1-6H2;1-5H2;1-4H2;8*4H,1-3H3;1-3H2. The highest BCUT2D eigenvalue weighted by molar-refractivity contribution is 4.52. The quantitative estimate of drug-likeness (QED) is 0.234. The van der Waals surface area contributed by atoms with Crippen LogP contribution in [0.25, 0.3) is 0 Å². The fraction of sp³-hybridized carbons (Fsp3) is 1.00. The Bertz CT molecular complexity index is 303. The maximum absolute atomic E-state index is 2.17. The number of rotatable bonds is 0. The van der Waals surface area contributed by atoms with E-state index in [1.807, 2.05) is 0 Å². The molecule has 0 amide bonds. The summed E-state index contributed by atoms with van der Waals surface area (Å²) >= 11 is 0. The second-order valence-corrected chi connectivity index (χ2v) is 20.2. The van der Waals surface area contributed by atoms with E-state index in [2.05, 4.69) is 166 Å². The molecule has 0 radical (unpaired) electrons. The zero-order valence-electron chi connectivity index (χ0n) is 41.3. The lowest BCUT2D eigenvalue weighted by molar-refractivity contribution is 0.504. The van der Waals surface area contributed by atoms with E-state index in [-0.39, 0.29) is 0 Å². The summed E-state index contributed by atoms with van der Waals surface area (Å²) in [4.78, 5) is 0. The van der Waals surface area contributed by atoms with Crippen LogP contribution in [0, 0.1) is 47.3 Å². The first kappa shape index (κ1) is 68.1. The molecule has 0 atom stereocenters. The second kappa shape index (κ2) is 64.0. The Balaban J connectivity index is -0.0000000644. The van der Waals surface area contributed by atoms with Crippen LogP contribution < -0.4 is 0 Å². The van der Waals surface area contributed by atoms with E-state index in [1.54, 1.807) is 0 Å². The van der Waals surface area contributed by atoms with Crippen LogP contribution >= 0.6 is 0 Å². The Kier molecular flexibility index (Phi) is 87.1. The lowest BCUT2D eigenvalue weighted by Gasteiger charge is -2.05. The molecular weight excluding hydrogens is 601 g/mol. The molecule has 0 aromatic carbocycles. The molecule has 0 heterocycles. The summed E-state index contributed by atoms with van der Waals surface area (Å²) in [6.07, 6.45) is 27.0. The minimum atomic E-state index is 0.833. The number of hydrogen-bond acceptors (Lipinski definition) is 0. The van der Waals surface area contributed by atoms with Crippen LogP contribution in [0.1, 0.15) is 282 Å². The average molecular weight is 717 g/mol. The van der Waals surface area contributed by atoms with E-state index in [0.717, 1.165) is 47.3 Å². The maximum Gasteiger partial charge on any atom is -0.0500 e. The molecule has 4 aliphatic carbocycles. The van der Waals surface area contributed by atoms with Gasteiger partial charge >= 0.3 is 0 Å². The van der Waals surface area contributed by atoms with Gasteiger partial charge in [-0.2, -0.15) is 0 Å². The van der Waals surface area contributed by atoms with Gasteiger partial charge in [-0.3, -0.25) is 0 Å². The lowest BCUT2D eigenvalue weighted by atomic mass is 10.0. The molecule has 316 valence electrons. The molecule has 0 aromatic heterocycles. The molecule has 0 saturated heterocycles. The van der Waals surface area contributed by atoms with Crippen molar-refractivity contribution >= 4 is 0 Å². The smallest absolute Gasteiger partial charge is 0.0500 e. The highest BCUT2D eigenvalue weighted by Crippen LogP contribution is 2.16. The Morgan fingerprint density at radius 3 is 0.160 bits per heavy atom. The van der Waals surface area contributed by atoms with Crippen molar-refractivity contribution in [3.05, 3.63) is 0 Å². The molecule has 4 rings (SSSR count). The molecule has 4 fully saturated rings. The maximum atomic E-state index is 2.17. The zero-order chi connectivity index (χ0) is 41.3. The van der Waals surface area contributed by atoms with Crippen molar-refractivity contribution in [1.82, 2.24) is 0 Å². The minimum absolute atomic E-state index is 0.833. The minimum Gasteiger partial charge on any atom is -0.0630 e. The molecular formula is C50H116. The van der Waals surface area contributed by atoms with Gasteiger partial charge in [-0.05, 0) is 47.3 Å². The largest absolute Gasteiger partial charge is 0.0630 e. The van der Waals surface area contributed by atoms with Crippen LogP contribution in [0.2, 0.25) is 0 Å². The van der Waals surface area contributed by atoms with Crippen LogP contribution in [-0.4, -0.2) is 0 Å². The van der Waals surface area contributed by atoms with Crippen molar-refractivity contribution in [3.63, 3.8) is 0 Å². The van der Waals surface area contributed by atoms with E-state index in [9.17, 15) is 0 Å². The van der Waals surface area contributed by atoms with E-state index in [4.69, 9.17) is 0 Å². The Morgan fingerprint density at radius 2 is 0.140 bits per heavy atom. The summed E-state index contributed by atoms with van der Waals surface area (Å²) in [6, 6.07) is 0. The van der Waals surface area contributed by atoms with Crippen LogP contribution in [0.3, 0.4) is 0 Å². The van der Waals surface area contributed by atoms with Crippen LogP contribution in [-0.2, 0) is 0 Å². The van der Waals surface area contributed by atoms with Crippen molar-refractivity contribution < 1.29 is 0 Å². The van der Waals surface area contributed by atoms with Gasteiger partial charge in [0.25, 0.3) is 0 Å². The molecule has 4 saturated carbocycles. The fourth-order valence-corrected chi connectivity index (χ4v) is 2.19. The summed E-state index contributed by atoms with van der Waals surface area (Å²) in [5.74, 6) is 6.67. The highest BCUT2D eigenvalue weighted by atomic mass is 14.0. The van der Waals surface area contributed by atoms with Crippen LogP contribution in [0.4, 0.5) is 0 Å². The first-order valence-electron chi connectivity index (χ1n) is 22.9. The van der Waals surface area contributed by atoms with E-state index in [1.165, 1.54) is 116 Å². The van der Waals surface area contributed by atoms with Crippen molar-refractivity contribution in [3.8, 4) is 0 Å². The Hall–Kier alpha value is 0. The van der Waals surface area contributed by atoms with Gasteiger partial charge < -0.3 is 0 Å². The van der Waals surface area contributed by atoms with Gasteiger partial charge in [0.1, 0.15) is 0 Å². The third kappa shape index (κ3) is 414. The second-order valence-electron chi connectivity index (χ2n) is 20.2. The lowest BCUT2D eigenvalue weighted by Crippen LogP contribution is -1.85. The molecule has 4 aliphatic rings. The Labute approximate surface area is 328 Å². The normalized spacial score (nSPS) is 14.4. The number of hydrogen-bond donors (Lipinski definition) is 0. The SMILES string of the molecule is C1CC1.C1CCC1.C1CCCC1.C1CCCCC1.CC(C)C.CC(C)C.CC(C)C.CC(C)C.CC(C)C.CC(C)C.CC(C)C.CC(C)C. The molecule has 0 spiro atoms. The van der Waals surface area contributed by atoms with Gasteiger partial charge in [-0.15, -0.1) is 0 Å². The fourth-order valence-electron chi connectivity index (χ4n) is 2.19. The predicted molar refractivity (Wildman–Crippen MR) is 247 cm³/mol. The Morgan fingerprint density at radius 1 is 0.120 bits per heavy atom. The molecule has 0 N–H and O–H groups in total. The van der Waals surface area contributed by atoms with Crippen LogP contribution in [0.5, 0.6) is 0 Å². The van der Waals surface area contributed by atoms with Gasteiger partial charge in [0.15, 0.2) is 0 Å². The third-order valence-electron chi connectivity index (χ3n) is 4.10.